The molecule has 0 radical (unpaired) electrons. The number of methoxy groups -OCH3 is 1. The Kier molecular flexibility index (Phi) is 5.85. The number of carbonyl (C=O) groups excluding carboxylic acids is 1. The third-order valence-corrected chi connectivity index (χ3v) is 2.78. The van der Waals surface area contributed by atoms with Crippen molar-refractivity contribution < 1.29 is 9.53 Å². The fourth-order valence-corrected chi connectivity index (χ4v) is 1.64. The van der Waals surface area contributed by atoms with Gasteiger partial charge in [-0.1, -0.05) is 13.8 Å². The zero-order valence-corrected chi connectivity index (χ0v) is 12.4. The van der Waals surface area contributed by atoms with E-state index in [0.717, 1.165) is 0 Å². The van der Waals surface area contributed by atoms with E-state index in [1.165, 1.54) is 7.11 Å². The number of nitrogens with zero attached hydrogens (tertiary/aromatic N) is 1. The van der Waals surface area contributed by atoms with Crippen molar-refractivity contribution in [2.45, 2.75) is 26.8 Å². The first-order valence-electron chi connectivity index (χ1n) is 6.60. The summed E-state index contributed by atoms with van der Waals surface area (Å²) in [6, 6.07) is 6.74. The average Bonchev–Trinajstić information content (AvgIpc) is 2.44. The maximum absolute atomic E-state index is 11.9. The monoisotopic (exact) mass is 275 g/mol. The van der Waals surface area contributed by atoms with Crippen LogP contribution in [-0.4, -0.2) is 25.6 Å². The smallest absolute Gasteiger partial charge is 0.242 e. The Morgan fingerprint density at radius 1 is 1.40 bits per heavy atom. The average molecular weight is 275 g/mol. The van der Waals surface area contributed by atoms with E-state index in [0.29, 0.717) is 29.5 Å². The van der Waals surface area contributed by atoms with E-state index in [4.69, 9.17) is 10.00 Å². The Balaban J connectivity index is 2.72. The maximum Gasteiger partial charge on any atom is 0.242 e. The molecule has 1 unspecified atom stereocenters. The lowest BCUT2D eigenvalue weighted by Gasteiger charge is -2.18. The molecule has 0 saturated carbocycles. The van der Waals surface area contributed by atoms with Gasteiger partial charge in [0.15, 0.2) is 0 Å². The Bertz CT molecular complexity index is 506. The fourth-order valence-electron chi connectivity index (χ4n) is 1.64. The van der Waals surface area contributed by atoms with Gasteiger partial charge in [0, 0.05) is 12.6 Å². The van der Waals surface area contributed by atoms with E-state index in [2.05, 4.69) is 16.7 Å². The molecule has 1 amide bonds. The number of rotatable bonds is 6. The molecule has 0 heterocycles. The lowest BCUT2D eigenvalue weighted by atomic mass is 10.2. The fraction of sp³-hybridized carbons (Fsp3) is 0.467. The van der Waals surface area contributed by atoms with E-state index in [1.807, 2.05) is 13.8 Å². The van der Waals surface area contributed by atoms with Crippen LogP contribution in [0.1, 0.15) is 26.3 Å². The highest BCUT2D eigenvalue weighted by Gasteiger charge is 2.14. The van der Waals surface area contributed by atoms with Crippen LogP contribution in [-0.2, 0) is 4.79 Å². The summed E-state index contributed by atoms with van der Waals surface area (Å²) in [4.78, 5) is 11.9. The number of hydrogen-bond donors (Lipinski definition) is 2. The van der Waals surface area contributed by atoms with Gasteiger partial charge in [-0.3, -0.25) is 4.79 Å². The van der Waals surface area contributed by atoms with Crippen LogP contribution in [0.4, 0.5) is 5.69 Å². The number of anilines is 1. The zero-order valence-electron chi connectivity index (χ0n) is 12.4. The normalized spacial score (nSPS) is 11.6. The molecule has 0 fully saturated rings. The summed E-state index contributed by atoms with van der Waals surface area (Å²) in [7, 11) is 1.53. The molecule has 0 aliphatic heterocycles. The highest BCUT2D eigenvalue weighted by Crippen LogP contribution is 2.25. The summed E-state index contributed by atoms with van der Waals surface area (Å²) in [5, 5.41) is 14.8. The lowest BCUT2D eigenvalue weighted by Crippen LogP contribution is -2.39. The second kappa shape index (κ2) is 7.39. The number of nitriles is 1. The summed E-state index contributed by atoms with van der Waals surface area (Å²) < 4.78 is 5.22. The van der Waals surface area contributed by atoms with Crippen LogP contribution in [0.15, 0.2) is 18.2 Å². The van der Waals surface area contributed by atoms with Gasteiger partial charge in [0.1, 0.15) is 11.8 Å². The van der Waals surface area contributed by atoms with Gasteiger partial charge < -0.3 is 15.4 Å². The number of benzene rings is 1. The number of hydrogen-bond acceptors (Lipinski definition) is 4. The molecule has 5 nitrogen and oxygen atoms in total. The van der Waals surface area contributed by atoms with Crippen LogP contribution < -0.4 is 15.4 Å². The van der Waals surface area contributed by atoms with Gasteiger partial charge in [0.25, 0.3) is 0 Å². The van der Waals surface area contributed by atoms with Gasteiger partial charge in [-0.25, -0.2) is 0 Å². The number of nitrogens with one attached hydrogen (secondary N) is 2. The maximum atomic E-state index is 11.9. The minimum Gasteiger partial charge on any atom is -0.495 e. The first-order chi connectivity index (χ1) is 9.47. The van der Waals surface area contributed by atoms with E-state index in [-0.39, 0.29) is 11.9 Å². The van der Waals surface area contributed by atoms with Crippen molar-refractivity contribution in [3.8, 4) is 11.8 Å². The summed E-state index contributed by atoms with van der Waals surface area (Å²) in [5.41, 5.74) is 1.21. The van der Waals surface area contributed by atoms with Crippen molar-refractivity contribution in [2.24, 2.45) is 5.92 Å². The van der Waals surface area contributed by atoms with Crippen LogP contribution in [0.2, 0.25) is 0 Å². The molecule has 0 bridgehead atoms. The Morgan fingerprint density at radius 2 is 2.10 bits per heavy atom. The van der Waals surface area contributed by atoms with E-state index in [9.17, 15) is 4.79 Å². The summed E-state index contributed by atoms with van der Waals surface area (Å²) in [6.45, 7) is 6.52. The molecular weight excluding hydrogens is 254 g/mol. The van der Waals surface area contributed by atoms with E-state index >= 15 is 0 Å². The first kappa shape index (κ1) is 15.8. The molecule has 1 aromatic rings. The number of ether oxygens (including phenoxy) is 1. The Morgan fingerprint density at radius 3 is 2.65 bits per heavy atom. The van der Waals surface area contributed by atoms with Crippen LogP contribution in [0.25, 0.3) is 0 Å². The molecule has 2 N–H and O–H groups in total. The van der Waals surface area contributed by atoms with Gasteiger partial charge in [0.05, 0.1) is 24.4 Å². The molecule has 0 aliphatic carbocycles. The number of amides is 1. The van der Waals surface area contributed by atoms with Gasteiger partial charge in [0.2, 0.25) is 5.91 Å². The molecule has 0 spiro atoms. The van der Waals surface area contributed by atoms with Gasteiger partial charge in [-0.2, -0.15) is 5.26 Å². The second-order valence-electron chi connectivity index (χ2n) is 5.03. The van der Waals surface area contributed by atoms with E-state index < -0.39 is 0 Å². The highest BCUT2D eigenvalue weighted by molar-refractivity contribution is 5.84. The van der Waals surface area contributed by atoms with E-state index in [1.54, 1.807) is 25.1 Å². The predicted octanol–water partition coefficient (Wildman–Crippen LogP) is 2.14. The largest absolute Gasteiger partial charge is 0.495 e. The third kappa shape index (κ3) is 4.47. The topological polar surface area (TPSA) is 74.1 Å². The van der Waals surface area contributed by atoms with Crippen molar-refractivity contribution in [1.29, 1.82) is 5.26 Å². The second-order valence-corrected chi connectivity index (χ2v) is 5.03. The summed E-state index contributed by atoms with van der Waals surface area (Å²) >= 11 is 0. The molecule has 1 rings (SSSR count). The van der Waals surface area contributed by atoms with Crippen LogP contribution in [0, 0.1) is 17.2 Å². The van der Waals surface area contributed by atoms with Crippen LogP contribution >= 0.6 is 0 Å². The van der Waals surface area contributed by atoms with Crippen molar-refractivity contribution in [3.63, 3.8) is 0 Å². The molecule has 0 saturated heterocycles. The van der Waals surface area contributed by atoms with Gasteiger partial charge in [-0.05, 0) is 25.0 Å². The molecule has 0 aliphatic rings. The quantitative estimate of drug-likeness (QED) is 0.834. The summed E-state index contributed by atoms with van der Waals surface area (Å²) in [5.74, 6) is 0.897. The van der Waals surface area contributed by atoms with Crippen LogP contribution in [0.5, 0.6) is 5.75 Å². The lowest BCUT2D eigenvalue weighted by molar-refractivity contribution is -0.121. The van der Waals surface area contributed by atoms with Crippen molar-refractivity contribution >= 4 is 11.6 Å². The molecule has 108 valence electrons. The zero-order chi connectivity index (χ0) is 15.1. The molecule has 0 aromatic heterocycles. The standard InChI is InChI=1S/C15H21N3O2/c1-10(2)9-17-15(19)11(3)18-13-6-5-12(8-16)7-14(13)20-4/h5-7,10-11,18H,9H2,1-4H3,(H,17,19). The van der Waals surface area contributed by atoms with Crippen molar-refractivity contribution in [2.75, 3.05) is 19.0 Å². The van der Waals surface area contributed by atoms with Crippen LogP contribution in [0.3, 0.4) is 0 Å². The predicted molar refractivity (Wildman–Crippen MR) is 78.6 cm³/mol. The number of carbonyl (C=O) groups is 1. The highest BCUT2D eigenvalue weighted by atomic mass is 16.5. The minimum absolute atomic E-state index is 0.0647. The molecule has 1 aromatic carbocycles. The Hall–Kier alpha value is -2.22. The van der Waals surface area contributed by atoms with Gasteiger partial charge in [-0.15, -0.1) is 0 Å². The van der Waals surface area contributed by atoms with Gasteiger partial charge >= 0.3 is 0 Å². The third-order valence-electron chi connectivity index (χ3n) is 2.78. The molecular formula is C15H21N3O2. The molecule has 1 atom stereocenters. The Labute approximate surface area is 119 Å². The van der Waals surface area contributed by atoms with Crippen molar-refractivity contribution in [1.82, 2.24) is 5.32 Å². The summed E-state index contributed by atoms with van der Waals surface area (Å²) in [6.07, 6.45) is 0. The minimum atomic E-state index is -0.379. The molecule has 5 heteroatoms. The first-order valence-corrected chi connectivity index (χ1v) is 6.60. The SMILES string of the molecule is COc1cc(C#N)ccc1NC(C)C(=O)NCC(C)C. The molecule has 20 heavy (non-hydrogen) atoms. The van der Waals surface area contributed by atoms with Crippen molar-refractivity contribution in [3.05, 3.63) is 23.8 Å².